The standard InChI is InChI=1S/C2H4OS.H4N2/c1-3-2-4;1-2/h2H,1H3;1-2H2. The molecule has 0 atom stereocenters. The number of methoxy groups -OCH3 is 1. The summed E-state index contributed by atoms with van der Waals surface area (Å²) in [7, 11) is 1.52. The monoisotopic (exact) mass is 108 g/mol. The smallest absolute Gasteiger partial charge is 0.145 e. The quantitative estimate of drug-likeness (QED) is 0.268. The molecule has 4 heteroatoms. The van der Waals surface area contributed by atoms with E-state index in [1.165, 1.54) is 12.7 Å². The summed E-state index contributed by atoms with van der Waals surface area (Å²) in [5.74, 6) is 8.00. The van der Waals surface area contributed by atoms with Crippen molar-refractivity contribution < 1.29 is 4.74 Å². The van der Waals surface area contributed by atoms with Crippen molar-refractivity contribution in [2.24, 2.45) is 11.7 Å². The second kappa shape index (κ2) is 21.3. The highest BCUT2D eigenvalue weighted by atomic mass is 32.1. The van der Waals surface area contributed by atoms with E-state index >= 15 is 0 Å². The molecular weight excluding hydrogens is 100 g/mol. The van der Waals surface area contributed by atoms with Gasteiger partial charge in [0.2, 0.25) is 0 Å². The molecule has 6 heavy (non-hydrogen) atoms. The van der Waals surface area contributed by atoms with Crippen molar-refractivity contribution in [1.82, 2.24) is 0 Å². The van der Waals surface area contributed by atoms with Gasteiger partial charge in [-0.15, -0.1) is 0 Å². The number of hydrogen-bond acceptors (Lipinski definition) is 4. The third kappa shape index (κ3) is 45.9. The lowest BCUT2D eigenvalue weighted by Gasteiger charge is -1.70. The Morgan fingerprint density at radius 1 is 1.67 bits per heavy atom. The molecule has 0 radical (unpaired) electrons. The zero-order valence-electron chi connectivity index (χ0n) is 3.55. The fraction of sp³-hybridized carbons (Fsp3) is 0.500. The first-order valence-electron chi connectivity index (χ1n) is 1.21. The van der Waals surface area contributed by atoms with Gasteiger partial charge < -0.3 is 4.74 Å². The minimum atomic E-state index is 1.21. The Labute approximate surface area is 42.2 Å². The number of rotatable bonds is 1. The van der Waals surface area contributed by atoms with Crippen molar-refractivity contribution in [3.63, 3.8) is 0 Å². The normalized spacial score (nSPS) is 4.50. The number of hydrazine groups is 1. The van der Waals surface area contributed by atoms with E-state index in [4.69, 9.17) is 0 Å². The Hall–Kier alpha value is -0.190. The zero-order valence-corrected chi connectivity index (χ0v) is 4.37. The maximum atomic E-state index is 4.23. The van der Waals surface area contributed by atoms with Gasteiger partial charge in [-0.2, -0.15) is 0 Å². The summed E-state index contributed by atoms with van der Waals surface area (Å²) in [6.45, 7) is 0. The molecule has 3 nitrogen and oxygen atoms in total. The van der Waals surface area contributed by atoms with Gasteiger partial charge in [0.15, 0.2) is 0 Å². The van der Waals surface area contributed by atoms with Gasteiger partial charge in [-0.3, -0.25) is 11.7 Å². The van der Waals surface area contributed by atoms with Crippen molar-refractivity contribution in [2.45, 2.75) is 0 Å². The van der Waals surface area contributed by atoms with Crippen molar-refractivity contribution in [2.75, 3.05) is 7.11 Å². The van der Waals surface area contributed by atoms with Crippen LogP contribution in [0.3, 0.4) is 0 Å². The number of ether oxygens (including phenoxy) is 1. The van der Waals surface area contributed by atoms with E-state index in [1.807, 2.05) is 0 Å². The maximum absolute atomic E-state index is 4.23. The summed E-state index contributed by atoms with van der Waals surface area (Å²) in [4.78, 5) is 0. The molecule has 38 valence electrons. The van der Waals surface area contributed by atoms with Crippen molar-refractivity contribution >= 4 is 17.8 Å². The Kier molecular flexibility index (Phi) is 32.9. The lowest BCUT2D eigenvalue weighted by atomic mass is 11.5. The Morgan fingerprint density at radius 3 is 1.83 bits per heavy atom. The van der Waals surface area contributed by atoms with Crippen LogP contribution in [0.25, 0.3) is 0 Å². The summed E-state index contributed by atoms with van der Waals surface area (Å²) < 4.78 is 4.23. The van der Waals surface area contributed by atoms with E-state index in [9.17, 15) is 0 Å². The first-order valence-corrected chi connectivity index (χ1v) is 1.68. The molecule has 0 aromatic heterocycles. The van der Waals surface area contributed by atoms with Crippen LogP contribution in [0.15, 0.2) is 0 Å². The van der Waals surface area contributed by atoms with Crippen molar-refractivity contribution in [1.29, 1.82) is 0 Å². The van der Waals surface area contributed by atoms with Crippen LogP contribution in [-0.2, 0) is 4.74 Å². The first kappa shape index (κ1) is 9.26. The predicted octanol–water partition coefficient (Wildman–Crippen LogP) is -0.591. The van der Waals surface area contributed by atoms with Crippen LogP contribution < -0.4 is 11.7 Å². The molecule has 0 amide bonds. The van der Waals surface area contributed by atoms with Crippen LogP contribution in [0.2, 0.25) is 0 Å². The minimum absolute atomic E-state index is 1.21. The average molecular weight is 108 g/mol. The molecule has 0 bridgehead atoms. The molecule has 0 saturated heterocycles. The van der Waals surface area contributed by atoms with Gasteiger partial charge in [-0.05, 0) is 12.2 Å². The van der Waals surface area contributed by atoms with E-state index in [1.54, 1.807) is 0 Å². The second-order valence-electron chi connectivity index (χ2n) is 0.332. The Bertz CT molecular complexity index is 25.5. The van der Waals surface area contributed by atoms with Gasteiger partial charge in [0.1, 0.15) is 5.55 Å². The summed E-state index contributed by atoms with van der Waals surface area (Å²) >= 11 is 4.21. The summed E-state index contributed by atoms with van der Waals surface area (Å²) in [6.07, 6.45) is 0. The van der Waals surface area contributed by atoms with Gasteiger partial charge in [-0.25, -0.2) is 0 Å². The van der Waals surface area contributed by atoms with E-state index in [-0.39, 0.29) is 0 Å². The molecule has 0 heterocycles. The summed E-state index contributed by atoms with van der Waals surface area (Å²) in [5, 5.41) is 0. The van der Waals surface area contributed by atoms with Gasteiger partial charge in [0.05, 0.1) is 7.11 Å². The number of hydrogen-bond donors (Lipinski definition) is 2. The van der Waals surface area contributed by atoms with Crippen molar-refractivity contribution in [3.8, 4) is 0 Å². The molecule has 4 N–H and O–H groups in total. The maximum Gasteiger partial charge on any atom is 0.145 e. The molecule has 0 rings (SSSR count). The second-order valence-corrected chi connectivity index (χ2v) is 0.524. The van der Waals surface area contributed by atoms with Gasteiger partial charge in [-0.1, -0.05) is 0 Å². The highest BCUT2D eigenvalue weighted by molar-refractivity contribution is 7.78. The predicted molar refractivity (Wildman–Crippen MR) is 29.0 cm³/mol. The van der Waals surface area contributed by atoms with Crippen LogP contribution >= 0.6 is 12.2 Å². The lowest BCUT2D eigenvalue weighted by molar-refractivity contribution is 0.432. The minimum Gasteiger partial charge on any atom is -0.493 e. The average Bonchev–Trinajstić information content (AvgIpc) is 1.72. The molecular formula is C2H8N2OS. The molecule has 0 aromatic carbocycles. The fourth-order valence-corrected chi connectivity index (χ4v) is 0. The van der Waals surface area contributed by atoms with E-state index in [0.717, 1.165) is 0 Å². The molecule has 0 aliphatic heterocycles. The third-order valence-electron chi connectivity index (χ3n) is 0.0962. The fourth-order valence-electron chi connectivity index (χ4n) is 0. The Morgan fingerprint density at radius 2 is 1.83 bits per heavy atom. The van der Waals surface area contributed by atoms with E-state index in [0.29, 0.717) is 0 Å². The SMILES string of the molecule is COC=S.NN. The topological polar surface area (TPSA) is 61.3 Å². The van der Waals surface area contributed by atoms with E-state index < -0.39 is 0 Å². The van der Waals surface area contributed by atoms with Crippen LogP contribution in [0.4, 0.5) is 0 Å². The highest BCUT2D eigenvalue weighted by Crippen LogP contribution is 1.45. The van der Waals surface area contributed by atoms with E-state index in [2.05, 4.69) is 28.6 Å². The highest BCUT2D eigenvalue weighted by Gasteiger charge is 1.39. The molecule has 0 aliphatic rings. The van der Waals surface area contributed by atoms with Crippen LogP contribution in [-0.4, -0.2) is 12.7 Å². The van der Waals surface area contributed by atoms with Gasteiger partial charge >= 0.3 is 0 Å². The Balaban J connectivity index is 0. The molecule has 0 spiro atoms. The largest absolute Gasteiger partial charge is 0.493 e. The number of nitrogens with two attached hydrogens (primary N) is 2. The molecule has 0 unspecified atom stereocenters. The zero-order chi connectivity index (χ0) is 5.41. The summed E-state index contributed by atoms with van der Waals surface area (Å²) in [5.41, 5.74) is 1.21. The van der Waals surface area contributed by atoms with Crippen molar-refractivity contribution in [3.05, 3.63) is 0 Å². The lowest BCUT2D eigenvalue weighted by Crippen LogP contribution is -2.02. The first-order chi connectivity index (χ1) is 2.91. The molecule has 0 aromatic rings. The van der Waals surface area contributed by atoms with Gasteiger partial charge in [0, 0.05) is 0 Å². The molecule has 0 fully saturated rings. The third-order valence-corrected chi connectivity index (χ3v) is 0.289. The number of thiocarbonyl (C=S) groups is 1. The van der Waals surface area contributed by atoms with Crippen LogP contribution in [0, 0.1) is 0 Å². The molecule has 0 aliphatic carbocycles. The van der Waals surface area contributed by atoms with Crippen LogP contribution in [0.5, 0.6) is 0 Å². The molecule has 0 saturated carbocycles. The summed E-state index contributed by atoms with van der Waals surface area (Å²) in [6, 6.07) is 0. The van der Waals surface area contributed by atoms with Crippen LogP contribution in [0.1, 0.15) is 0 Å². The van der Waals surface area contributed by atoms with Gasteiger partial charge in [0.25, 0.3) is 0 Å².